The van der Waals surface area contributed by atoms with E-state index in [9.17, 15) is 9.59 Å². The molecule has 2 amide bonds. The van der Waals surface area contributed by atoms with Gasteiger partial charge in [-0.3, -0.25) is 4.79 Å². The molecule has 0 spiro atoms. The topological polar surface area (TPSA) is 63.0 Å². The normalized spacial score (nSPS) is 17.6. The van der Waals surface area contributed by atoms with Gasteiger partial charge in [-0.1, -0.05) is 12.1 Å². The van der Waals surface area contributed by atoms with Crippen LogP contribution in [0.1, 0.15) is 56.8 Å². The first-order valence-corrected chi connectivity index (χ1v) is 10.8. The second-order valence-electron chi connectivity index (χ2n) is 9.20. The van der Waals surface area contributed by atoms with Crippen LogP contribution in [0.5, 0.6) is 0 Å². The highest BCUT2D eigenvalue weighted by molar-refractivity contribution is 5.95. The first-order chi connectivity index (χ1) is 14.3. The number of nitrogens with zero attached hydrogens (tertiary/aromatic N) is 2. The number of hydrogen-bond acceptors (Lipinski definition) is 4. The van der Waals surface area contributed by atoms with Gasteiger partial charge in [-0.05, 0) is 70.7 Å². The Hall–Kier alpha value is -2.76. The van der Waals surface area contributed by atoms with Gasteiger partial charge in [0.2, 0.25) is 0 Å². The number of carbonyl (C=O) groups is 2. The summed E-state index contributed by atoms with van der Waals surface area (Å²) in [4.78, 5) is 29.5. The second kappa shape index (κ2) is 8.17. The van der Waals surface area contributed by atoms with E-state index in [1.54, 1.807) is 11.2 Å². The van der Waals surface area contributed by atoms with Crippen molar-refractivity contribution >= 4 is 12.0 Å². The molecule has 4 rings (SSSR count). The average molecular weight is 411 g/mol. The zero-order chi connectivity index (χ0) is 21.3. The number of furan rings is 1. The smallest absolute Gasteiger partial charge is 0.410 e. The molecule has 2 aromatic rings. The quantitative estimate of drug-likeness (QED) is 0.715. The van der Waals surface area contributed by atoms with Crippen molar-refractivity contribution in [2.75, 3.05) is 13.1 Å². The summed E-state index contributed by atoms with van der Waals surface area (Å²) in [5.41, 5.74) is 1.16. The van der Waals surface area contributed by atoms with Gasteiger partial charge < -0.3 is 19.0 Å². The summed E-state index contributed by atoms with van der Waals surface area (Å²) in [6.45, 7) is 6.87. The molecule has 6 nitrogen and oxygen atoms in total. The molecule has 1 aliphatic carbocycles. The van der Waals surface area contributed by atoms with E-state index < -0.39 is 5.60 Å². The Morgan fingerprint density at radius 1 is 1.00 bits per heavy atom. The van der Waals surface area contributed by atoms with Gasteiger partial charge in [0, 0.05) is 36.3 Å². The lowest BCUT2D eigenvalue weighted by atomic mass is 10.0. The monoisotopic (exact) mass is 410 g/mol. The van der Waals surface area contributed by atoms with Gasteiger partial charge in [-0.15, -0.1) is 0 Å². The fourth-order valence-corrected chi connectivity index (χ4v) is 4.00. The summed E-state index contributed by atoms with van der Waals surface area (Å²) in [5.74, 6) is 0.877. The van der Waals surface area contributed by atoms with Gasteiger partial charge in [-0.25, -0.2) is 4.79 Å². The average Bonchev–Trinajstić information content (AvgIpc) is 3.39. The van der Waals surface area contributed by atoms with Crippen molar-refractivity contribution in [3.8, 4) is 11.3 Å². The molecule has 0 bridgehead atoms. The molecule has 1 saturated heterocycles. The maximum atomic E-state index is 13.3. The van der Waals surface area contributed by atoms with E-state index in [1.807, 2.05) is 57.2 Å². The zero-order valence-corrected chi connectivity index (χ0v) is 18.0. The van der Waals surface area contributed by atoms with Crippen LogP contribution in [0.25, 0.3) is 11.3 Å². The highest BCUT2D eigenvalue weighted by Gasteiger charge is 2.39. The molecule has 1 aromatic heterocycles. The molecule has 6 heteroatoms. The lowest BCUT2D eigenvalue weighted by molar-refractivity contribution is 0.0142. The minimum Gasteiger partial charge on any atom is -0.464 e. The first-order valence-electron chi connectivity index (χ1n) is 10.8. The Balaban J connectivity index is 1.41. The van der Waals surface area contributed by atoms with Gasteiger partial charge in [0.1, 0.15) is 11.4 Å². The van der Waals surface area contributed by atoms with Crippen molar-refractivity contribution in [2.24, 2.45) is 0 Å². The third-order valence-corrected chi connectivity index (χ3v) is 5.62. The molecule has 2 aliphatic rings. The number of carbonyl (C=O) groups excluding carboxylic acids is 2. The minimum atomic E-state index is -0.494. The van der Waals surface area contributed by atoms with Crippen LogP contribution < -0.4 is 0 Å². The predicted molar refractivity (Wildman–Crippen MR) is 114 cm³/mol. The van der Waals surface area contributed by atoms with Crippen molar-refractivity contribution in [3.05, 3.63) is 48.2 Å². The lowest BCUT2D eigenvalue weighted by Crippen LogP contribution is -2.50. The Kier molecular flexibility index (Phi) is 5.58. The molecule has 1 aliphatic heterocycles. The van der Waals surface area contributed by atoms with E-state index >= 15 is 0 Å². The van der Waals surface area contributed by atoms with Crippen LogP contribution in [0.4, 0.5) is 4.79 Å². The number of amides is 2. The summed E-state index contributed by atoms with van der Waals surface area (Å²) in [6.07, 6.45) is 5.06. The summed E-state index contributed by atoms with van der Waals surface area (Å²) >= 11 is 0. The van der Waals surface area contributed by atoms with Crippen molar-refractivity contribution in [3.63, 3.8) is 0 Å². The van der Waals surface area contributed by atoms with Gasteiger partial charge in [-0.2, -0.15) is 0 Å². The summed E-state index contributed by atoms with van der Waals surface area (Å²) in [7, 11) is 0. The zero-order valence-electron chi connectivity index (χ0n) is 18.0. The number of benzene rings is 1. The largest absolute Gasteiger partial charge is 0.464 e. The predicted octanol–water partition coefficient (Wildman–Crippen LogP) is 4.95. The molecule has 0 atom stereocenters. The second-order valence-corrected chi connectivity index (χ2v) is 9.20. The molecule has 30 heavy (non-hydrogen) atoms. The van der Waals surface area contributed by atoms with E-state index in [-0.39, 0.29) is 18.0 Å². The van der Waals surface area contributed by atoms with E-state index in [1.165, 1.54) is 0 Å². The third-order valence-electron chi connectivity index (χ3n) is 5.62. The van der Waals surface area contributed by atoms with E-state index in [0.717, 1.165) is 37.0 Å². The fraction of sp³-hybridized carbons (Fsp3) is 0.500. The molecule has 2 fully saturated rings. The molecule has 1 saturated carbocycles. The number of piperidine rings is 1. The van der Waals surface area contributed by atoms with Gasteiger partial charge >= 0.3 is 6.09 Å². The maximum Gasteiger partial charge on any atom is 0.410 e. The minimum absolute atomic E-state index is 0.0826. The fourth-order valence-electron chi connectivity index (χ4n) is 4.00. The van der Waals surface area contributed by atoms with Crippen LogP contribution in [0.3, 0.4) is 0 Å². The summed E-state index contributed by atoms with van der Waals surface area (Å²) < 4.78 is 10.9. The molecule has 0 radical (unpaired) electrons. The van der Waals surface area contributed by atoms with E-state index in [4.69, 9.17) is 9.15 Å². The first kappa shape index (κ1) is 20.5. The Morgan fingerprint density at radius 2 is 1.63 bits per heavy atom. The van der Waals surface area contributed by atoms with Gasteiger partial charge in [0.05, 0.1) is 6.26 Å². The van der Waals surface area contributed by atoms with Crippen molar-refractivity contribution in [2.45, 2.75) is 64.1 Å². The Morgan fingerprint density at radius 3 is 2.17 bits per heavy atom. The Bertz CT molecular complexity index is 871. The molecule has 2 heterocycles. The molecule has 160 valence electrons. The SMILES string of the molecule is CC(C)(C)OC(=O)N1CCC(N(C(=O)c2ccc(-c3ccco3)cc2)C2CC2)CC1. The van der Waals surface area contributed by atoms with Crippen molar-refractivity contribution in [1.82, 2.24) is 9.80 Å². The summed E-state index contributed by atoms with van der Waals surface area (Å²) in [6, 6.07) is 11.9. The van der Waals surface area contributed by atoms with Crippen LogP contribution in [0.2, 0.25) is 0 Å². The standard InChI is InChI=1S/C24H30N2O4/c1-24(2,3)30-23(28)25-14-12-20(13-15-25)26(19-10-11-19)22(27)18-8-6-17(7-9-18)21-5-4-16-29-21/h4-9,16,19-20H,10-15H2,1-3H3. The highest BCUT2D eigenvalue weighted by atomic mass is 16.6. The van der Waals surface area contributed by atoms with Crippen LogP contribution in [-0.4, -0.2) is 52.6 Å². The van der Waals surface area contributed by atoms with Crippen LogP contribution in [-0.2, 0) is 4.74 Å². The van der Waals surface area contributed by atoms with Crippen LogP contribution in [0, 0.1) is 0 Å². The van der Waals surface area contributed by atoms with E-state index in [0.29, 0.717) is 24.7 Å². The van der Waals surface area contributed by atoms with Gasteiger partial charge in [0.15, 0.2) is 0 Å². The molecular weight excluding hydrogens is 380 g/mol. The number of ether oxygens (including phenoxy) is 1. The van der Waals surface area contributed by atoms with Crippen LogP contribution in [0.15, 0.2) is 47.1 Å². The number of hydrogen-bond donors (Lipinski definition) is 0. The molecule has 1 aromatic carbocycles. The third kappa shape index (κ3) is 4.69. The van der Waals surface area contributed by atoms with Crippen molar-refractivity contribution < 1.29 is 18.7 Å². The van der Waals surface area contributed by atoms with Crippen molar-refractivity contribution in [1.29, 1.82) is 0 Å². The van der Waals surface area contributed by atoms with Crippen LogP contribution >= 0.6 is 0 Å². The molecule has 0 N–H and O–H groups in total. The number of rotatable bonds is 4. The number of likely N-dealkylation sites (tertiary alicyclic amines) is 1. The Labute approximate surface area is 177 Å². The van der Waals surface area contributed by atoms with Gasteiger partial charge in [0.25, 0.3) is 5.91 Å². The van der Waals surface area contributed by atoms with E-state index in [2.05, 4.69) is 4.90 Å². The highest BCUT2D eigenvalue weighted by Crippen LogP contribution is 2.34. The maximum absolute atomic E-state index is 13.3. The summed E-state index contributed by atoms with van der Waals surface area (Å²) in [5, 5.41) is 0. The lowest BCUT2D eigenvalue weighted by Gasteiger charge is -2.39. The molecule has 0 unspecified atom stereocenters. The molecular formula is C24H30N2O4.